The molecule has 0 fully saturated rings. The van der Waals surface area contributed by atoms with E-state index >= 15 is 0 Å². The van der Waals surface area contributed by atoms with Crippen LogP contribution >= 0.6 is 0 Å². The number of aromatic nitrogens is 1. The molecule has 10 heteroatoms. The number of primary amides is 1. The summed E-state index contributed by atoms with van der Waals surface area (Å²) in [5.74, 6) is -3.53. The molecule has 37 heavy (non-hydrogen) atoms. The van der Waals surface area contributed by atoms with Gasteiger partial charge in [-0.1, -0.05) is 42.5 Å². The highest BCUT2D eigenvalue weighted by molar-refractivity contribution is 6.19. The Bertz CT molecular complexity index is 1490. The van der Waals surface area contributed by atoms with Crippen LogP contribution in [-0.2, 0) is 20.9 Å². The molecule has 1 atom stereocenters. The highest BCUT2D eigenvalue weighted by atomic mass is 16.5. The monoisotopic (exact) mass is 503 g/mol. The molecule has 0 spiro atoms. The van der Waals surface area contributed by atoms with E-state index in [1.165, 1.54) is 0 Å². The van der Waals surface area contributed by atoms with Gasteiger partial charge < -0.3 is 30.6 Å². The number of carbonyl (C=O) groups is 4. The largest absolute Gasteiger partial charge is 0.483 e. The maximum atomic E-state index is 12.5. The maximum absolute atomic E-state index is 12.5. The third-order valence-corrected chi connectivity index (χ3v) is 5.97. The molecule has 0 bridgehead atoms. The average molecular weight is 504 g/mol. The van der Waals surface area contributed by atoms with Gasteiger partial charge in [0, 0.05) is 23.9 Å². The van der Waals surface area contributed by atoms with Crippen molar-refractivity contribution in [3.8, 4) is 5.75 Å². The molecular formula is C27H25N3O7. The number of carboxylic acids is 2. The highest BCUT2D eigenvalue weighted by Gasteiger charge is 2.23. The third kappa shape index (κ3) is 5.53. The number of carboxylic acid groups (broad SMARTS) is 2. The summed E-state index contributed by atoms with van der Waals surface area (Å²) in [6, 6.07) is 19.0. The second-order valence-electron chi connectivity index (χ2n) is 8.47. The van der Waals surface area contributed by atoms with E-state index in [0.29, 0.717) is 28.6 Å². The minimum atomic E-state index is -1.36. The summed E-state index contributed by atoms with van der Waals surface area (Å²) < 4.78 is 7.84. The molecule has 10 nitrogen and oxygen atoms in total. The van der Waals surface area contributed by atoms with Gasteiger partial charge >= 0.3 is 11.9 Å². The van der Waals surface area contributed by atoms with E-state index in [0.717, 1.165) is 16.6 Å². The Kier molecular flexibility index (Phi) is 7.38. The number of amides is 2. The van der Waals surface area contributed by atoms with E-state index in [1.807, 2.05) is 47.0 Å². The van der Waals surface area contributed by atoms with Gasteiger partial charge in [0.2, 0.25) is 5.91 Å². The second-order valence-corrected chi connectivity index (χ2v) is 8.47. The zero-order valence-corrected chi connectivity index (χ0v) is 19.7. The molecule has 4 aromatic rings. The molecule has 1 heterocycles. The van der Waals surface area contributed by atoms with Crippen molar-refractivity contribution in [3.05, 3.63) is 77.9 Å². The number of aliphatic carboxylic acids is 2. The smallest absolute Gasteiger partial charge is 0.326 e. The number of rotatable bonds is 11. The van der Waals surface area contributed by atoms with Gasteiger partial charge in [-0.15, -0.1) is 0 Å². The second kappa shape index (κ2) is 10.8. The van der Waals surface area contributed by atoms with Gasteiger partial charge in [0.1, 0.15) is 11.8 Å². The first-order valence-corrected chi connectivity index (χ1v) is 11.5. The molecule has 0 aliphatic heterocycles. The van der Waals surface area contributed by atoms with Crippen LogP contribution in [0.1, 0.15) is 28.8 Å². The van der Waals surface area contributed by atoms with Crippen molar-refractivity contribution in [2.45, 2.75) is 25.4 Å². The van der Waals surface area contributed by atoms with Crippen LogP contribution in [0.4, 0.5) is 0 Å². The first kappa shape index (κ1) is 25.2. The van der Waals surface area contributed by atoms with Crippen molar-refractivity contribution in [1.82, 2.24) is 9.88 Å². The average Bonchev–Trinajstić information content (AvgIpc) is 3.19. The van der Waals surface area contributed by atoms with Crippen LogP contribution in [0.3, 0.4) is 0 Å². The normalized spacial score (nSPS) is 11.8. The zero-order chi connectivity index (χ0) is 26.5. The van der Waals surface area contributed by atoms with Gasteiger partial charge in [-0.3, -0.25) is 14.4 Å². The summed E-state index contributed by atoms with van der Waals surface area (Å²) in [6.07, 6.45) is -0.671. The Morgan fingerprint density at radius 3 is 2.22 bits per heavy atom. The van der Waals surface area contributed by atoms with E-state index in [-0.39, 0.29) is 6.42 Å². The number of ether oxygens (including phenoxy) is 1. The summed E-state index contributed by atoms with van der Waals surface area (Å²) in [4.78, 5) is 47.0. The molecule has 0 saturated carbocycles. The minimum absolute atomic E-state index is 0.263. The van der Waals surface area contributed by atoms with Crippen LogP contribution in [-0.4, -0.2) is 51.2 Å². The van der Waals surface area contributed by atoms with Crippen LogP contribution in [0.25, 0.3) is 21.8 Å². The molecule has 0 aliphatic carbocycles. The van der Waals surface area contributed by atoms with Gasteiger partial charge in [-0.25, -0.2) is 4.79 Å². The number of nitrogens with two attached hydrogens (primary N) is 1. The lowest BCUT2D eigenvalue weighted by Gasteiger charge is -2.14. The van der Waals surface area contributed by atoms with Crippen molar-refractivity contribution in [2.24, 2.45) is 5.73 Å². The molecule has 1 aromatic heterocycles. The highest BCUT2D eigenvalue weighted by Crippen LogP contribution is 2.38. The Morgan fingerprint density at radius 1 is 0.892 bits per heavy atom. The Hall–Kier alpha value is -4.86. The summed E-state index contributed by atoms with van der Waals surface area (Å²) in [5, 5.41) is 21.6. The number of fused-ring (bicyclic) bond motifs is 3. The third-order valence-electron chi connectivity index (χ3n) is 5.97. The van der Waals surface area contributed by atoms with E-state index in [9.17, 15) is 24.3 Å². The van der Waals surface area contributed by atoms with Crippen LogP contribution < -0.4 is 15.8 Å². The number of nitrogens with one attached hydrogen (secondary N) is 1. The maximum Gasteiger partial charge on any atom is 0.326 e. The van der Waals surface area contributed by atoms with Crippen LogP contribution in [0.5, 0.6) is 5.75 Å². The van der Waals surface area contributed by atoms with E-state index < -0.39 is 42.8 Å². The van der Waals surface area contributed by atoms with Crippen LogP contribution in [0.15, 0.2) is 66.7 Å². The van der Waals surface area contributed by atoms with Gasteiger partial charge in [0.25, 0.3) is 5.91 Å². The number of nitrogens with zero attached hydrogens (tertiary/aromatic N) is 1. The standard InChI is InChI=1S/C27H25N3O7/c28-26(34)17-8-4-9-19-24(17)25-20(30(19)14-16-6-2-1-3-7-16)10-5-11-21(25)37-15-22(31)29-18(27(35)36)12-13-23(32)33/h1-11,18H,12-15H2,(H2,28,34)(H,29,31)(H,32,33)(H,35,36)/t18-/m1/s1. The topological polar surface area (TPSA) is 161 Å². The number of benzene rings is 3. The summed E-state index contributed by atoms with van der Waals surface area (Å²) in [6.45, 7) is -0.00305. The van der Waals surface area contributed by atoms with Crippen LogP contribution in [0, 0.1) is 0 Å². The fraction of sp³-hybridized carbons (Fsp3) is 0.185. The van der Waals surface area contributed by atoms with Crippen molar-refractivity contribution < 1.29 is 34.1 Å². The fourth-order valence-corrected chi connectivity index (χ4v) is 4.32. The van der Waals surface area contributed by atoms with Gasteiger partial charge in [0.05, 0.1) is 16.4 Å². The van der Waals surface area contributed by atoms with E-state index in [2.05, 4.69) is 5.32 Å². The van der Waals surface area contributed by atoms with Gasteiger partial charge in [0.15, 0.2) is 6.61 Å². The molecule has 3 aromatic carbocycles. The zero-order valence-electron chi connectivity index (χ0n) is 19.7. The summed E-state index contributed by atoms with van der Waals surface area (Å²) in [7, 11) is 0. The van der Waals surface area contributed by atoms with E-state index in [4.69, 9.17) is 15.6 Å². The summed E-state index contributed by atoms with van der Waals surface area (Å²) in [5.41, 5.74) is 8.55. The molecule has 0 unspecified atom stereocenters. The molecule has 190 valence electrons. The van der Waals surface area contributed by atoms with Gasteiger partial charge in [-0.2, -0.15) is 0 Å². The number of hydrogen-bond donors (Lipinski definition) is 4. The molecule has 0 radical (unpaired) electrons. The van der Waals surface area contributed by atoms with Crippen molar-refractivity contribution in [3.63, 3.8) is 0 Å². The minimum Gasteiger partial charge on any atom is -0.483 e. The Morgan fingerprint density at radius 2 is 1.57 bits per heavy atom. The van der Waals surface area contributed by atoms with Crippen molar-refractivity contribution >= 4 is 45.6 Å². The lowest BCUT2D eigenvalue weighted by atomic mass is 10.1. The molecule has 0 saturated heterocycles. The first-order chi connectivity index (χ1) is 17.8. The lowest BCUT2D eigenvalue weighted by Crippen LogP contribution is -2.43. The fourth-order valence-electron chi connectivity index (χ4n) is 4.32. The molecule has 4 rings (SSSR count). The quantitative estimate of drug-likeness (QED) is 0.245. The van der Waals surface area contributed by atoms with E-state index in [1.54, 1.807) is 24.3 Å². The first-order valence-electron chi connectivity index (χ1n) is 11.5. The number of hydrogen-bond acceptors (Lipinski definition) is 5. The Balaban J connectivity index is 1.70. The van der Waals surface area contributed by atoms with Gasteiger partial charge in [-0.05, 0) is 36.2 Å². The molecule has 5 N–H and O–H groups in total. The predicted molar refractivity (Wildman–Crippen MR) is 135 cm³/mol. The Labute approximate surface area is 211 Å². The van der Waals surface area contributed by atoms with Crippen molar-refractivity contribution in [1.29, 1.82) is 0 Å². The molecule has 2 amide bonds. The SMILES string of the molecule is NC(=O)c1cccc2c1c1c(OCC(=O)N[C@H](CCC(=O)O)C(=O)O)cccc1n2Cc1ccccc1. The van der Waals surface area contributed by atoms with Crippen molar-refractivity contribution in [2.75, 3.05) is 6.61 Å². The lowest BCUT2D eigenvalue weighted by molar-refractivity contribution is -0.143. The number of carbonyl (C=O) groups excluding carboxylic acids is 2. The molecular weight excluding hydrogens is 478 g/mol. The van der Waals surface area contributed by atoms with Crippen LogP contribution in [0.2, 0.25) is 0 Å². The summed E-state index contributed by atoms with van der Waals surface area (Å²) >= 11 is 0. The predicted octanol–water partition coefficient (Wildman–Crippen LogP) is 2.75. The molecule has 0 aliphatic rings.